The van der Waals surface area contributed by atoms with Crippen LogP contribution in [0.25, 0.3) is 16.5 Å². The van der Waals surface area contributed by atoms with E-state index in [0.717, 1.165) is 21.8 Å². The van der Waals surface area contributed by atoms with Crippen molar-refractivity contribution >= 4 is 29.2 Å². The SMILES string of the molecule is CO[C@@H]([C@@H](C)C/C=C/C(C)=C\C[C@H](N=[N+]=[N-])/C(C)=C/c1csc(C)n1)[C@@H](C)C(=O)C(C)(C)[C@H](CC(=O)OC(C)(C)C)OC. The van der Waals surface area contributed by atoms with Gasteiger partial charge in [0.05, 0.1) is 40.8 Å². The monoisotopic (exact) mass is 616 g/mol. The molecule has 1 rings (SSSR count). The number of ketones is 1. The average molecular weight is 617 g/mol. The van der Waals surface area contributed by atoms with Gasteiger partial charge in [-0.2, -0.15) is 0 Å². The molecule has 240 valence electrons. The smallest absolute Gasteiger partial charge is 0.308 e. The van der Waals surface area contributed by atoms with Gasteiger partial charge in [0.1, 0.15) is 11.4 Å². The van der Waals surface area contributed by atoms with Crippen LogP contribution < -0.4 is 0 Å². The molecule has 0 aliphatic carbocycles. The van der Waals surface area contributed by atoms with E-state index in [1.165, 1.54) is 7.11 Å². The number of carbonyl (C=O) groups is 2. The van der Waals surface area contributed by atoms with Crippen LogP contribution in [0.3, 0.4) is 0 Å². The van der Waals surface area contributed by atoms with Crippen LogP contribution in [0.4, 0.5) is 0 Å². The number of ether oxygens (including phenoxy) is 3. The van der Waals surface area contributed by atoms with E-state index in [1.54, 1.807) is 18.4 Å². The zero-order valence-electron chi connectivity index (χ0n) is 28.1. The lowest BCUT2D eigenvalue weighted by Gasteiger charge is -2.37. The fourth-order valence-corrected chi connectivity index (χ4v) is 5.69. The van der Waals surface area contributed by atoms with Crippen molar-refractivity contribution in [3.8, 4) is 0 Å². The number of nitrogens with zero attached hydrogens (tertiary/aromatic N) is 4. The number of aryl methyl sites for hydroxylation is 1. The van der Waals surface area contributed by atoms with Crippen LogP contribution in [0.2, 0.25) is 0 Å². The predicted molar refractivity (Wildman–Crippen MR) is 175 cm³/mol. The minimum absolute atomic E-state index is 0.0127. The molecule has 5 atom stereocenters. The van der Waals surface area contributed by atoms with Crippen LogP contribution in [-0.4, -0.2) is 54.8 Å². The van der Waals surface area contributed by atoms with Crippen LogP contribution in [0.5, 0.6) is 0 Å². The van der Waals surface area contributed by atoms with Crippen molar-refractivity contribution in [2.75, 3.05) is 14.2 Å². The Morgan fingerprint density at radius 1 is 1.12 bits per heavy atom. The lowest BCUT2D eigenvalue weighted by Crippen LogP contribution is -2.47. The first kappa shape index (κ1) is 38.2. The summed E-state index contributed by atoms with van der Waals surface area (Å²) in [4.78, 5) is 33.7. The number of esters is 1. The van der Waals surface area contributed by atoms with E-state index in [0.29, 0.717) is 12.8 Å². The maximum atomic E-state index is 13.7. The number of hydrogen-bond acceptors (Lipinski definition) is 8. The summed E-state index contributed by atoms with van der Waals surface area (Å²) in [5.74, 6) is -0.790. The third-order valence-corrected chi connectivity index (χ3v) is 8.31. The van der Waals surface area contributed by atoms with Crippen molar-refractivity contribution < 1.29 is 23.8 Å². The van der Waals surface area contributed by atoms with Crippen molar-refractivity contribution in [1.82, 2.24) is 4.98 Å². The van der Waals surface area contributed by atoms with Crippen LogP contribution in [0.1, 0.15) is 92.3 Å². The lowest BCUT2D eigenvalue weighted by molar-refractivity contribution is -0.162. The number of thiazole rings is 1. The van der Waals surface area contributed by atoms with E-state index < -0.39 is 29.0 Å². The Morgan fingerprint density at radius 2 is 1.77 bits per heavy atom. The van der Waals surface area contributed by atoms with Gasteiger partial charge >= 0.3 is 5.97 Å². The van der Waals surface area contributed by atoms with Crippen LogP contribution in [0, 0.1) is 24.2 Å². The Balaban J connectivity index is 2.88. The number of allylic oxidation sites excluding steroid dienone is 3. The summed E-state index contributed by atoms with van der Waals surface area (Å²) < 4.78 is 16.9. The van der Waals surface area contributed by atoms with Gasteiger partial charge in [0.2, 0.25) is 0 Å². The van der Waals surface area contributed by atoms with E-state index >= 15 is 0 Å². The van der Waals surface area contributed by atoms with Gasteiger partial charge in [-0.25, -0.2) is 4.98 Å². The van der Waals surface area contributed by atoms with Crippen molar-refractivity contribution in [3.05, 3.63) is 55.9 Å². The first-order valence-electron chi connectivity index (χ1n) is 14.8. The van der Waals surface area contributed by atoms with E-state index in [1.807, 2.05) is 79.8 Å². The summed E-state index contributed by atoms with van der Waals surface area (Å²) >= 11 is 1.58. The number of methoxy groups -OCH3 is 2. The quantitative estimate of drug-likeness (QED) is 0.0569. The fraction of sp³-hybridized carbons (Fsp3) is 0.667. The highest BCUT2D eigenvalue weighted by molar-refractivity contribution is 7.09. The maximum Gasteiger partial charge on any atom is 0.308 e. The van der Waals surface area contributed by atoms with Crippen LogP contribution in [0.15, 0.2) is 39.9 Å². The largest absolute Gasteiger partial charge is 0.460 e. The fourth-order valence-electron chi connectivity index (χ4n) is 5.12. The van der Waals surface area contributed by atoms with Gasteiger partial charge in [0.25, 0.3) is 0 Å². The van der Waals surface area contributed by atoms with Gasteiger partial charge in [0, 0.05) is 30.4 Å². The summed E-state index contributed by atoms with van der Waals surface area (Å²) in [5.41, 5.74) is 10.4. The van der Waals surface area contributed by atoms with Gasteiger partial charge in [-0.15, -0.1) is 11.3 Å². The van der Waals surface area contributed by atoms with Gasteiger partial charge in [-0.05, 0) is 71.9 Å². The van der Waals surface area contributed by atoms with Crippen LogP contribution in [-0.2, 0) is 23.8 Å². The highest BCUT2D eigenvalue weighted by Gasteiger charge is 2.43. The zero-order chi connectivity index (χ0) is 33.0. The molecule has 10 heteroatoms. The molecule has 1 heterocycles. The molecule has 0 spiro atoms. The molecule has 0 radical (unpaired) electrons. The van der Waals surface area contributed by atoms with Crippen molar-refractivity contribution in [1.29, 1.82) is 0 Å². The standard InChI is InChI=1S/C33H52N4O5S/c1-21(16-17-27(36-37-34)23(3)18-26-20-43-25(5)35-26)14-13-15-22(2)30(41-12)24(4)31(39)33(9,10)28(40-11)19-29(38)42-32(6,7)8/h13-14,16,18,20,22,24,27-28,30H,15,17,19H2,1-12H3/b14-13+,21-16-,23-18+/t22-,24+,27-,28-,30-/m0/s1. The lowest BCUT2D eigenvalue weighted by atomic mass is 9.73. The second-order valence-corrected chi connectivity index (χ2v) is 13.9. The van der Waals surface area contributed by atoms with Gasteiger partial charge in [-0.3, -0.25) is 9.59 Å². The number of Topliss-reactive ketones (excluding diaryl/α,β-unsaturated/α-hetero) is 1. The molecular weight excluding hydrogens is 564 g/mol. The average Bonchev–Trinajstić information content (AvgIpc) is 3.32. The Morgan fingerprint density at radius 3 is 2.28 bits per heavy atom. The Hall–Kier alpha value is -2.78. The summed E-state index contributed by atoms with van der Waals surface area (Å²) in [5, 5.41) is 6.96. The molecule has 0 saturated carbocycles. The minimum atomic E-state index is -0.927. The summed E-state index contributed by atoms with van der Waals surface area (Å²) in [6.07, 6.45) is 8.45. The third-order valence-electron chi connectivity index (χ3n) is 7.52. The summed E-state index contributed by atoms with van der Waals surface area (Å²) in [7, 11) is 3.14. The molecule has 0 aromatic carbocycles. The van der Waals surface area contributed by atoms with Crippen molar-refractivity contribution in [2.24, 2.45) is 22.4 Å². The second-order valence-electron chi connectivity index (χ2n) is 12.8. The molecular formula is C33H52N4O5S. The summed E-state index contributed by atoms with van der Waals surface area (Å²) in [6.45, 7) is 18.9. The second kappa shape index (κ2) is 17.5. The first-order valence-corrected chi connectivity index (χ1v) is 15.6. The molecule has 0 aliphatic heterocycles. The van der Waals surface area contributed by atoms with E-state index in [2.05, 4.69) is 34.1 Å². The van der Waals surface area contributed by atoms with Gasteiger partial charge in [-0.1, -0.05) is 62.2 Å². The third kappa shape index (κ3) is 12.8. The Kier molecular flexibility index (Phi) is 15.6. The Labute approximate surface area is 262 Å². The molecule has 0 saturated heterocycles. The van der Waals surface area contributed by atoms with Crippen LogP contribution >= 0.6 is 11.3 Å². The first-order chi connectivity index (χ1) is 20.0. The topological polar surface area (TPSA) is 123 Å². The van der Waals surface area contributed by atoms with E-state index in [-0.39, 0.29) is 30.3 Å². The molecule has 0 fully saturated rings. The molecule has 1 aromatic heterocycles. The highest BCUT2D eigenvalue weighted by atomic mass is 32.1. The Bertz CT molecular complexity index is 1200. The number of carbonyl (C=O) groups excluding carboxylic acids is 2. The molecule has 0 bridgehead atoms. The molecule has 0 aliphatic rings. The number of hydrogen-bond donors (Lipinski definition) is 0. The predicted octanol–water partition coefficient (Wildman–Crippen LogP) is 8.45. The summed E-state index contributed by atoms with van der Waals surface area (Å²) in [6, 6.07) is -0.298. The maximum absolute atomic E-state index is 13.7. The normalized spacial score (nSPS) is 16.7. The number of rotatable bonds is 17. The van der Waals surface area contributed by atoms with E-state index in [9.17, 15) is 9.59 Å². The molecule has 0 N–H and O–H groups in total. The number of aromatic nitrogens is 1. The van der Waals surface area contributed by atoms with Gasteiger partial charge < -0.3 is 14.2 Å². The van der Waals surface area contributed by atoms with Crippen molar-refractivity contribution in [2.45, 2.75) is 112 Å². The number of azide groups is 1. The molecule has 43 heavy (non-hydrogen) atoms. The zero-order valence-corrected chi connectivity index (χ0v) is 28.9. The minimum Gasteiger partial charge on any atom is -0.460 e. The molecule has 1 aromatic rings. The molecule has 0 amide bonds. The molecule has 9 nitrogen and oxygen atoms in total. The van der Waals surface area contributed by atoms with E-state index in [4.69, 9.17) is 19.7 Å². The highest BCUT2D eigenvalue weighted by Crippen LogP contribution is 2.34. The van der Waals surface area contributed by atoms with Gasteiger partial charge in [0.15, 0.2) is 0 Å². The van der Waals surface area contributed by atoms with Crippen molar-refractivity contribution in [3.63, 3.8) is 0 Å². The molecule has 0 unspecified atom stereocenters.